The monoisotopic (exact) mass is 180 g/mol. The van der Waals surface area contributed by atoms with Gasteiger partial charge in [-0.25, -0.2) is 4.39 Å². The molecular formula is C11H13FO. The Morgan fingerprint density at radius 1 is 1.23 bits per heavy atom. The summed E-state index contributed by atoms with van der Waals surface area (Å²) in [5.74, 6) is -0.296. The van der Waals surface area contributed by atoms with Crippen LogP contribution >= 0.6 is 0 Å². The molecule has 0 amide bonds. The van der Waals surface area contributed by atoms with E-state index in [0.717, 1.165) is 10.9 Å². The second-order valence-corrected chi connectivity index (χ2v) is 2.54. The van der Waals surface area contributed by atoms with Gasteiger partial charge in [0.25, 0.3) is 0 Å². The first-order valence-corrected chi connectivity index (χ1v) is 4.41. The number of halogens is 1. The van der Waals surface area contributed by atoms with Crippen LogP contribution in [0.2, 0.25) is 0 Å². The molecule has 1 heterocycles. The van der Waals surface area contributed by atoms with Crippen LogP contribution < -0.4 is 0 Å². The lowest BCUT2D eigenvalue weighted by atomic mass is 10.2. The summed E-state index contributed by atoms with van der Waals surface area (Å²) in [5, 5.41) is 0.852. The zero-order chi connectivity index (χ0) is 9.84. The highest BCUT2D eigenvalue weighted by Crippen LogP contribution is 2.22. The van der Waals surface area contributed by atoms with Gasteiger partial charge in [0.2, 0.25) is 0 Å². The van der Waals surface area contributed by atoms with Crippen molar-refractivity contribution in [1.82, 2.24) is 0 Å². The SMILES string of the molecule is CC.Cc1coc2c(F)cccc12. The molecule has 0 aliphatic rings. The lowest BCUT2D eigenvalue weighted by molar-refractivity contribution is 0.559. The van der Waals surface area contributed by atoms with E-state index in [9.17, 15) is 4.39 Å². The highest BCUT2D eigenvalue weighted by Gasteiger charge is 2.04. The Balaban J connectivity index is 0.000000396. The van der Waals surface area contributed by atoms with Gasteiger partial charge in [-0.05, 0) is 18.6 Å². The van der Waals surface area contributed by atoms with E-state index in [1.54, 1.807) is 12.3 Å². The van der Waals surface area contributed by atoms with Gasteiger partial charge in [-0.2, -0.15) is 0 Å². The fourth-order valence-corrected chi connectivity index (χ4v) is 1.15. The Labute approximate surface area is 77.2 Å². The molecule has 0 aliphatic carbocycles. The first kappa shape index (κ1) is 9.78. The van der Waals surface area contributed by atoms with Crippen LogP contribution in [0, 0.1) is 12.7 Å². The maximum Gasteiger partial charge on any atom is 0.169 e. The third kappa shape index (κ3) is 1.72. The van der Waals surface area contributed by atoms with E-state index in [2.05, 4.69) is 0 Å². The molecule has 0 bridgehead atoms. The zero-order valence-electron chi connectivity index (χ0n) is 8.10. The molecule has 70 valence electrons. The molecule has 0 N–H and O–H groups in total. The first-order chi connectivity index (χ1) is 6.29. The van der Waals surface area contributed by atoms with E-state index >= 15 is 0 Å². The van der Waals surface area contributed by atoms with Crippen LogP contribution in [0.3, 0.4) is 0 Å². The quantitative estimate of drug-likeness (QED) is 0.599. The van der Waals surface area contributed by atoms with Crippen LogP contribution in [0.5, 0.6) is 0 Å². The van der Waals surface area contributed by atoms with Gasteiger partial charge >= 0.3 is 0 Å². The van der Waals surface area contributed by atoms with Gasteiger partial charge < -0.3 is 4.42 Å². The van der Waals surface area contributed by atoms with Crippen LogP contribution in [-0.2, 0) is 0 Å². The molecule has 0 unspecified atom stereocenters. The van der Waals surface area contributed by atoms with Crippen molar-refractivity contribution >= 4 is 11.0 Å². The first-order valence-electron chi connectivity index (χ1n) is 4.41. The summed E-state index contributed by atoms with van der Waals surface area (Å²) in [6.45, 7) is 5.89. The van der Waals surface area contributed by atoms with E-state index in [4.69, 9.17) is 4.42 Å². The molecule has 2 rings (SSSR count). The third-order valence-electron chi connectivity index (χ3n) is 1.75. The Bertz CT molecular complexity index is 390. The van der Waals surface area contributed by atoms with Crippen LogP contribution in [0.4, 0.5) is 4.39 Å². The molecule has 0 saturated carbocycles. The lowest BCUT2D eigenvalue weighted by Gasteiger charge is -1.88. The molecule has 0 aliphatic heterocycles. The summed E-state index contributed by atoms with van der Waals surface area (Å²) < 4.78 is 17.9. The maximum absolute atomic E-state index is 12.9. The highest BCUT2D eigenvalue weighted by atomic mass is 19.1. The summed E-state index contributed by atoms with van der Waals surface area (Å²) >= 11 is 0. The normalized spacial score (nSPS) is 9.54. The topological polar surface area (TPSA) is 13.1 Å². The van der Waals surface area contributed by atoms with E-state index in [1.165, 1.54) is 6.07 Å². The fraction of sp³-hybridized carbons (Fsp3) is 0.273. The number of furan rings is 1. The molecule has 1 aromatic heterocycles. The molecule has 0 saturated heterocycles. The van der Waals surface area contributed by atoms with Gasteiger partial charge in [0.1, 0.15) is 0 Å². The molecule has 1 nitrogen and oxygen atoms in total. The minimum absolute atomic E-state index is 0.296. The number of fused-ring (bicyclic) bond motifs is 1. The van der Waals surface area contributed by atoms with E-state index in [1.807, 2.05) is 26.8 Å². The van der Waals surface area contributed by atoms with E-state index < -0.39 is 0 Å². The van der Waals surface area contributed by atoms with Crippen LogP contribution in [0.1, 0.15) is 19.4 Å². The van der Waals surface area contributed by atoms with Gasteiger partial charge in [-0.3, -0.25) is 0 Å². The Morgan fingerprint density at radius 3 is 2.54 bits per heavy atom. The van der Waals surface area contributed by atoms with E-state index in [-0.39, 0.29) is 5.82 Å². The number of hydrogen-bond donors (Lipinski definition) is 0. The van der Waals surface area contributed by atoms with Gasteiger partial charge in [0, 0.05) is 5.39 Å². The van der Waals surface area contributed by atoms with Crippen molar-refractivity contribution in [2.24, 2.45) is 0 Å². The lowest BCUT2D eigenvalue weighted by Crippen LogP contribution is -1.73. The molecule has 0 fully saturated rings. The minimum atomic E-state index is -0.296. The number of hydrogen-bond acceptors (Lipinski definition) is 1. The maximum atomic E-state index is 12.9. The van der Waals surface area contributed by atoms with Crippen molar-refractivity contribution in [2.45, 2.75) is 20.8 Å². The molecule has 2 aromatic rings. The molecule has 0 spiro atoms. The summed E-state index contributed by atoms with van der Waals surface area (Å²) in [6, 6.07) is 4.92. The molecule has 2 heteroatoms. The van der Waals surface area contributed by atoms with Crippen molar-refractivity contribution < 1.29 is 8.81 Å². The zero-order valence-corrected chi connectivity index (χ0v) is 8.10. The molecule has 1 aromatic carbocycles. The number of rotatable bonds is 0. The second-order valence-electron chi connectivity index (χ2n) is 2.54. The van der Waals surface area contributed by atoms with Crippen molar-refractivity contribution in [2.75, 3.05) is 0 Å². The van der Waals surface area contributed by atoms with Crippen LogP contribution in [0.25, 0.3) is 11.0 Å². The van der Waals surface area contributed by atoms with Gasteiger partial charge in [-0.1, -0.05) is 26.0 Å². The predicted molar refractivity (Wildman–Crippen MR) is 52.3 cm³/mol. The molecular weight excluding hydrogens is 167 g/mol. The Kier molecular flexibility index (Phi) is 3.07. The third-order valence-corrected chi connectivity index (χ3v) is 1.75. The predicted octanol–water partition coefficient (Wildman–Crippen LogP) is 3.91. The smallest absolute Gasteiger partial charge is 0.169 e. The van der Waals surface area contributed by atoms with Crippen molar-refractivity contribution in [1.29, 1.82) is 0 Å². The largest absolute Gasteiger partial charge is 0.461 e. The van der Waals surface area contributed by atoms with Gasteiger partial charge in [0.15, 0.2) is 11.4 Å². The molecule has 13 heavy (non-hydrogen) atoms. The van der Waals surface area contributed by atoms with E-state index in [0.29, 0.717) is 5.58 Å². The standard InChI is InChI=1S/C9H7FO.C2H6/c1-6-5-11-9-7(6)3-2-4-8(9)10;1-2/h2-5H,1H3;1-2H3. The second kappa shape index (κ2) is 4.08. The van der Waals surface area contributed by atoms with Crippen LogP contribution in [-0.4, -0.2) is 0 Å². The summed E-state index contributed by atoms with van der Waals surface area (Å²) in [7, 11) is 0. The van der Waals surface area contributed by atoms with Gasteiger partial charge in [-0.15, -0.1) is 0 Å². The van der Waals surface area contributed by atoms with Crippen molar-refractivity contribution in [3.8, 4) is 0 Å². The molecule has 0 atom stereocenters. The Hall–Kier alpha value is -1.31. The average Bonchev–Trinajstić information content (AvgIpc) is 2.53. The van der Waals surface area contributed by atoms with Gasteiger partial charge in [0.05, 0.1) is 6.26 Å². The number of benzene rings is 1. The summed E-state index contributed by atoms with van der Waals surface area (Å²) in [6.07, 6.45) is 1.56. The molecule has 0 radical (unpaired) electrons. The number of para-hydroxylation sites is 1. The summed E-state index contributed by atoms with van der Waals surface area (Å²) in [4.78, 5) is 0. The highest BCUT2D eigenvalue weighted by molar-refractivity contribution is 5.81. The van der Waals surface area contributed by atoms with Crippen molar-refractivity contribution in [3.63, 3.8) is 0 Å². The summed E-state index contributed by atoms with van der Waals surface area (Å²) in [5.41, 5.74) is 1.32. The Morgan fingerprint density at radius 2 is 1.92 bits per heavy atom. The average molecular weight is 180 g/mol. The van der Waals surface area contributed by atoms with Crippen LogP contribution in [0.15, 0.2) is 28.9 Å². The fourth-order valence-electron chi connectivity index (χ4n) is 1.15. The number of aryl methyl sites for hydroxylation is 1. The minimum Gasteiger partial charge on any atom is -0.461 e. The van der Waals surface area contributed by atoms with Crippen molar-refractivity contribution in [3.05, 3.63) is 35.8 Å².